The number of hydrogen-bond donors (Lipinski definition) is 1. The second-order valence-corrected chi connectivity index (χ2v) is 9.00. The van der Waals surface area contributed by atoms with Crippen LogP contribution in [0.2, 0.25) is 0 Å². The lowest BCUT2D eigenvalue weighted by atomic mass is 9.63. The molecular formula is C24H27NO5. The van der Waals surface area contributed by atoms with E-state index in [1.165, 1.54) is 30.9 Å². The number of anilines is 1. The van der Waals surface area contributed by atoms with Crippen LogP contribution < -0.4 is 4.90 Å². The molecule has 158 valence electrons. The third-order valence-electron chi connectivity index (χ3n) is 6.09. The van der Waals surface area contributed by atoms with Crippen LogP contribution in [-0.2, 0) is 20.4 Å². The number of hydrogen-bond acceptors (Lipinski definition) is 5. The van der Waals surface area contributed by atoms with Crippen LogP contribution in [-0.4, -0.2) is 30.5 Å². The van der Waals surface area contributed by atoms with Crippen LogP contribution in [0.1, 0.15) is 72.4 Å². The van der Waals surface area contributed by atoms with Gasteiger partial charge in [0.05, 0.1) is 12.8 Å². The average molecular weight is 409 g/mol. The fourth-order valence-corrected chi connectivity index (χ4v) is 4.04. The zero-order valence-electron chi connectivity index (χ0n) is 18.0. The van der Waals surface area contributed by atoms with E-state index >= 15 is 0 Å². The number of rotatable bonds is 4. The van der Waals surface area contributed by atoms with Crippen molar-refractivity contribution >= 4 is 24.0 Å². The number of fused-ring (bicyclic) bond motifs is 1. The van der Waals surface area contributed by atoms with Crippen molar-refractivity contribution in [3.05, 3.63) is 58.7 Å². The number of methoxy groups -OCH3 is 1. The summed E-state index contributed by atoms with van der Waals surface area (Å²) in [5.74, 6) is -1.58. The Morgan fingerprint density at radius 2 is 1.63 bits per heavy atom. The van der Waals surface area contributed by atoms with Crippen molar-refractivity contribution in [2.75, 3.05) is 12.0 Å². The fourth-order valence-electron chi connectivity index (χ4n) is 4.04. The number of carbonyl (C=O) groups is 3. The fraction of sp³-hybridized carbons (Fsp3) is 0.375. The van der Waals surface area contributed by atoms with E-state index in [1.54, 1.807) is 6.07 Å². The predicted octanol–water partition coefficient (Wildman–Crippen LogP) is 4.33. The largest absolute Gasteiger partial charge is 0.507 e. The van der Waals surface area contributed by atoms with Crippen LogP contribution >= 0.6 is 0 Å². The number of aromatic hydroxyl groups is 1. The SMILES string of the molecule is COC(=O)c1ccc(N(C=O)C(=O)c2ccc3c(c2)C(C)(C)CCC3(C)C)cc1O. The van der Waals surface area contributed by atoms with E-state index in [1.807, 2.05) is 12.1 Å². The zero-order chi connectivity index (χ0) is 22.3. The molecule has 0 atom stereocenters. The van der Waals surface area contributed by atoms with Gasteiger partial charge in [-0.25, -0.2) is 9.69 Å². The van der Waals surface area contributed by atoms with Gasteiger partial charge in [0, 0.05) is 11.6 Å². The Hall–Kier alpha value is -3.15. The lowest BCUT2D eigenvalue weighted by molar-refractivity contribution is -0.106. The molecule has 0 radical (unpaired) electrons. The van der Waals surface area contributed by atoms with Crippen LogP contribution in [0.3, 0.4) is 0 Å². The molecule has 0 aliphatic heterocycles. The first-order chi connectivity index (χ1) is 14.0. The minimum atomic E-state index is -0.706. The molecule has 1 aliphatic rings. The number of phenolic OH excluding ortho intramolecular Hbond substituents is 1. The molecule has 1 N–H and O–H groups in total. The van der Waals surface area contributed by atoms with Crippen molar-refractivity contribution in [2.45, 2.75) is 51.4 Å². The molecule has 30 heavy (non-hydrogen) atoms. The average Bonchev–Trinajstić information content (AvgIpc) is 2.71. The van der Waals surface area contributed by atoms with Crippen LogP contribution in [0.5, 0.6) is 5.75 Å². The molecular weight excluding hydrogens is 382 g/mol. The summed E-state index contributed by atoms with van der Waals surface area (Å²) in [7, 11) is 1.20. The summed E-state index contributed by atoms with van der Waals surface area (Å²) < 4.78 is 4.60. The highest BCUT2D eigenvalue weighted by Crippen LogP contribution is 2.46. The molecule has 0 aromatic heterocycles. The summed E-state index contributed by atoms with van der Waals surface area (Å²) in [4.78, 5) is 37.5. The van der Waals surface area contributed by atoms with E-state index in [-0.39, 0.29) is 27.8 Å². The summed E-state index contributed by atoms with van der Waals surface area (Å²) in [6.45, 7) is 8.73. The van der Waals surface area contributed by atoms with Gasteiger partial charge in [0.1, 0.15) is 11.3 Å². The molecule has 0 saturated heterocycles. The molecule has 1 aliphatic carbocycles. The second kappa shape index (κ2) is 7.59. The Labute approximate surface area is 176 Å². The highest BCUT2D eigenvalue weighted by atomic mass is 16.5. The van der Waals surface area contributed by atoms with Gasteiger partial charge < -0.3 is 9.84 Å². The van der Waals surface area contributed by atoms with Gasteiger partial charge in [0.25, 0.3) is 5.91 Å². The topological polar surface area (TPSA) is 83.9 Å². The quantitative estimate of drug-likeness (QED) is 0.600. The summed E-state index contributed by atoms with van der Waals surface area (Å²) in [5.41, 5.74) is 2.78. The van der Waals surface area contributed by atoms with Crippen LogP contribution in [0.25, 0.3) is 0 Å². The maximum Gasteiger partial charge on any atom is 0.341 e. The number of benzene rings is 2. The van der Waals surface area contributed by atoms with E-state index in [0.29, 0.717) is 12.0 Å². The first kappa shape index (κ1) is 21.6. The van der Waals surface area contributed by atoms with Crippen molar-refractivity contribution in [2.24, 2.45) is 0 Å². The van der Waals surface area contributed by atoms with E-state index < -0.39 is 11.9 Å². The maximum absolute atomic E-state index is 13.1. The standard InChI is InChI=1S/C24H27NO5/c1-23(2)10-11-24(3,4)19-12-15(6-9-18(19)23)21(28)25(14-26)16-7-8-17(20(27)13-16)22(29)30-5/h6-9,12-14,27H,10-11H2,1-5H3. The smallest absolute Gasteiger partial charge is 0.341 e. The third-order valence-corrected chi connectivity index (χ3v) is 6.09. The molecule has 0 unspecified atom stereocenters. The minimum absolute atomic E-state index is 0.0201. The highest BCUT2D eigenvalue weighted by Gasteiger charge is 2.37. The summed E-state index contributed by atoms with van der Waals surface area (Å²) in [5, 5.41) is 10.1. The van der Waals surface area contributed by atoms with E-state index in [9.17, 15) is 19.5 Å². The lowest BCUT2D eigenvalue weighted by Gasteiger charge is -2.42. The van der Waals surface area contributed by atoms with Crippen molar-refractivity contribution in [1.29, 1.82) is 0 Å². The molecule has 0 fully saturated rings. The lowest BCUT2D eigenvalue weighted by Crippen LogP contribution is -2.35. The van der Waals surface area contributed by atoms with Gasteiger partial charge in [-0.2, -0.15) is 0 Å². The molecule has 2 amide bonds. The van der Waals surface area contributed by atoms with Crippen LogP contribution in [0.4, 0.5) is 5.69 Å². The number of ether oxygens (including phenoxy) is 1. The Kier molecular flexibility index (Phi) is 5.46. The van der Waals surface area contributed by atoms with Gasteiger partial charge in [0.2, 0.25) is 6.41 Å². The Morgan fingerprint density at radius 3 is 2.20 bits per heavy atom. The maximum atomic E-state index is 13.1. The van der Waals surface area contributed by atoms with Gasteiger partial charge in [-0.05, 0) is 59.1 Å². The Bertz CT molecular complexity index is 1020. The predicted molar refractivity (Wildman–Crippen MR) is 114 cm³/mol. The van der Waals surface area contributed by atoms with Gasteiger partial charge >= 0.3 is 5.97 Å². The minimum Gasteiger partial charge on any atom is -0.507 e. The molecule has 0 spiro atoms. The summed E-state index contributed by atoms with van der Waals surface area (Å²) in [6.07, 6.45) is 2.47. The number of carbonyl (C=O) groups excluding carboxylic acids is 3. The number of imide groups is 1. The van der Waals surface area contributed by atoms with Gasteiger partial charge in [-0.15, -0.1) is 0 Å². The molecule has 3 rings (SSSR count). The van der Waals surface area contributed by atoms with E-state index in [4.69, 9.17) is 0 Å². The van der Waals surface area contributed by atoms with Crippen LogP contribution in [0.15, 0.2) is 36.4 Å². The Balaban J connectivity index is 2.00. The van der Waals surface area contributed by atoms with E-state index in [2.05, 4.69) is 32.4 Å². The molecule has 6 heteroatoms. The third kappa shape index (κ3) is 3.70. The number of phenols is 1. The highest BCUT2D eigenvalue weighted by molar-refractivity contribution is 6.15. The van der Waals surface area contributed by atoms with Crippen molar-refractivity contribution in [3.8, 4) is 5.75 Å². The number of amides is 2. The van der Waals surface area contributed by atoms with Gasteiger partial charge in [0.15, 0.2) is 0 Å². The number of esters is 1. The van der Waals surface area contributed by atoms with Gasteiger partial charge in [-0.3, -0.25) is 9.59 Å². The summed E-state index contributed by atoms with van der Waals surface area (Å²) >= 11 is 0. The van der Waals surface area contributed by atoms with Crippen LogP contribution in [0, 0.1) is 0 Å². The van der Waals surface area contributed by atoms with Crippen molar-refractivity contribution in [3.63, 3.8) is 0 Å². The number of nitrogens with zero attached hydrogens (tertiary/aromatic N) is 1. The Morgan fingerprint density at radius 1 is 1.00 bits per heavy atom. The normalized spacial score (nSPS) is 16.3. The molecule has 2 aromatic rings. The van der Waals surface area contributed by atoms with Gasteiger partial charge in [-0.1, -0.05) is 33.8 Å². The molecule has 2 aromatic carbocycles. The summed E-state index contributed by atoms with van der Waals surface area (Å²) in [6, 6.07) is 9.53. The van der Waals surface area contributed by atoms with Crippen molar-refractivity contribution < 1.29 is 24.2 Å². The molecule has 0 saturated carbocycles. The first-order valence-electron chi connectivity index (χ1n) is 9.87. The zero-order valence-corrected chi connectivity index (χ0v) is 18.0. The monoisotopic (exact) mass is 409 g/mol. The second-order valence-electron chi connectivity index (χ2n) is 9.00. The molecule has 0 heterocycles. The molecule has 6 nitrogen and oxygen atoms in total. The first-order valence-corrected chi connectivity index (χ1v) is 9.87. The molecule has 0 bridgehead atoms. The van der Waals surface area contributed by atoms with Crippen molar-refractivity contribution in [1.82, 2.24) is 0 Å². The van der Waals surface area contributed by atoms with E-state index in [0.717, 1.165) is 23.3 Å².